The Kier molecular flexibility index (Phi) is 7.44. The second-order valence-electron chi connectivity index (χ2n) is 7.32. The first-order chi connectivity index (χ1) is 12.0. The van der Waals surface area contributed by atoms with E-state index < -0.39 is 6.04 Å². The molecule has 0 aliphatic heterocycles. The van der Waals surface area contributed by atoms with Crippen molar-refractivity contribution >= 4 is 11.9 Å². The van der Waals surface area contributed by atoms with Crippen molar-refractivity contribution in [2.45, 2.75) is 71.0 Å². The topological polar surface area (TPSA) is 70.2 Å². The van der Waals surface area contributed by atoms with Crippen LogP contribution in [0.5, 0.6) is 0 Å². The fourth-order valence-corrected chi connectivity index (χ4v) is 3.37. The van der Waals surface area contributed by atoms with Crippen LogP contribution < -0.4 is 16.0 Å². The van der Waals surface area contributed by atoms with Gasteiger partial charge in [0.15, 0.2) is 0 Å². The zero-order chi connectivity index (χ0) is 18.2. The average Bonchev–Trinajstić information content (AvgIpc) is 2.60. The SMILES string of the molecule is CC(C)[C@H](N[C@H](C)C(=O)NC(=O)NC1CCCCC1)c1ccccc1. The highest BCUT2D eigenvalue weighted by atomic mass is 16.2. The van der Waals surface area contributed by atoms with E-state index in [1.807, 2.05) is 18.2 Å². The number of amides is 3. The molecule has 1 aromatic rings. The van der Waals surface area contributed by atoms with Crippen molar-refractivity contribution in [1.82, 2.24) is 16.0 Å². The van der Waals surface area contributed by atoms with Crippen molar-refractivity contribution in [2.24, 2.45) is 5.92 Å². The molecule has 1 saturated carbocycles. The van der Waals surface area contributed by atoms with E-state index >= 15 is 0 Å². The summed E-state index contributed by atoms with van der Waals surface area (Å²) in [6.07, 6.45) is 5.52. The minimum atomic E-state index is -0.454. The van der Waals surface area contributed by atoms with Gasteiger partial charge in [-0.25, -0.2) is 4.79 Å². The van der Waals surface area contributed by atoms with Crippen molar-refractivity contribution in [2.75, 3.05) is 0 Å². The van der Waals surface area contributed by atoms with Gasteiger partial charge in [0.2, 0.25) is 5.91 Å². The van der Waals surface area contributed by atoms with Gasteiger partial charge in [0, 0.05) is 12.1 Å². The molecule has 2 rings (SSSR count). The average molecular weight is 345 g/mol. The molecule has 1 fully saturated rings. The molecule has 1 aliphatic rings. The third kappa shape index (κ3) is 6.16. The Balaban J connectivity index is 1.86. The Bertz CT molecular complexity index is 553. The molecule has 5 nitrogen and oxygen atoms in total. The minimum absolute atomic E-state index is 0.0587. The predicted molar refractivity (Wildman–Crippen MR) is 100 cm³/mol. The lowest BCUT2D eigenvalue weighted by molar-refractivity contribution is -0.121. The molecule has 138 valence electrons. The van der Waals surface area contributed by atoms with Gasteiger partial charge in [-0.2, -0.15) is 0 Å². The Morgan fingerprint density at radius 1 is 1.00 bits per heavy atom. The fraction of sp³-hybridized carbons (Fsp3) is 0.600. The molecule has 0 heterocycles. The van der Waals surface area contributed by atoms with Gasteiger partial charge >= 0.3 is 6.03 Å². The van der Waals surface area contributed by atoms with E-state index in [0.717, 1.165) is 31.2 Å². The van der Waals surface area contributed by atoms with Crippen molar-refractivity contribution in [3.63, 3.8) is 0 Å². The number of imide groups is 1. The van der Waals surface area contributed by atoms with Crippen LogP contribution in [0.2, 0.25) is 0 Å². The van der Waals surface area contributed by atoms with Crippen molar-refractivity contribution in [1.29, 1.82) is 0 Å². The van der Waals surface area contributed by atoms with Crippen LogP contribution >= 0.6 is 0 Å². The molecule has 0 unspecified atom stereocenters. The van der Waals surface area contributed by atoms with Crippen LogP contribution in [-0.4, -0.2) is 24.0 Å². The summed E-state index contributed by atoms with van der Waals surface area (Å²) in [7, 11) is 0. The number of benzene rings is 1. The highest BCUT2D eigenvalue weighted by Gasteiger charge is 2.23. The first-order valence-corrected chi connectivity index (χ1v) is 9.39. The van der Waals surface area contributed by atoms with Crippen LogP contribution in [0.15, 0.2) is 30.3 Å². The molecule has 0 saturated heterocycles. The van der Waals surface area contributed by atoms with E-state index in [1.165, 1.54) is 6.42 Å². The van der Waals surface area contributed by atoms with Gasteiger partial charge in [0.05, 0.1) is 6.04 Å². The molecule has 3 N–H and O–H groups in total. The maximum atomic E-state index is 12.4. The van der Waals surface area contributed by atoms with Gasteiger partial charge in [-0.05, 0) is 31.2 Å². The zero-order valence-corrected chi connectivity index (χ0v) is 15.5. The number of carbonyl (C=O) groups excluding carboxylic acids is 2. The Labute approximate surface area is 151 Å². The Morgan fingerprint density at radius 2 is 1.64 bits per heavy atom. The summed E-state index contributed by atoms with van der Waals surface area (Å²) in [5.74, 6) is 0.0311. The van der Waals surface area contributed by atoms with Crippen LogP contribution in [0, 0.1) is 5.92 Å². The van der Waals surface area contributed by atoms with Gasteiger partial charge in [0.25, 0.3) is 0 Å². The quantitative estimate of drug-likeness (QED) is 0.739. The lowest BCUT2D eigenvalue weighted by Crippen LogP contribution is -2.51. The lowest BCUT2D eigenvalue weighted by Gasteiger charge is -2.27. The van der Waals surface area contributed by atoms with E-state index in [9.17, 15) is 9.59 Å². The molecule has 5 heteroatoms. The van der Waals surface area contributed by atoms with E-state index in [1.54, 1.807) is 6.92 Å². The van der Waals surface area contributed by atoms with Crippen LogP contribution in [0.4, 0.5) is 4.79 Å². The standard InChI is InChI=1S/C20H31N3O2/c1-14(2)18(16-10-6-4-7-11-16)21-15(3)19(24)23-20(25)22-17-12-8-5-9-13-17/h4,6-7,10-11,14-15,17-18,21H,5,8-9,12-13H2,1-3H3,(H2,22,23,24,25)/t15-,18+/m1/s1. The summed E-state index contributed by atoms with van der Waals surface area (Å²) in [5.41, 5.74) is 1.14. The summed E-state index contributed by atoms with van der Waals surface area (Å²) < 4.78 is 0. The van der Waals surface area contributed by atoms with Crippen molar-refractivity contribution < 1.29 is 9.59 Å². The van der Waals surface area contributed by atoms with Gasteiger partial charge in [0.1, 0.15) is 0 Å². The summed E-state index contributed by atoms with van der Waals surface area (Å²) in [6.45, 7) is 6.03. The number of hydrogen-bond donors (Lipinski definition) is 3. The number of carbonyl (C=O) groups is 2. The number of rotatable bonds is 6. The Hall–Kier alpha value is -1.88. The molecule has 25 heavy (non-hydrogen) atoms. The third-order valence-electron chi connectivity index (χ3n) is 4.83. The maximum Gasteiger partial charge on any atom is 0.321 e. The molecule has 0 aromatic heterocycles. The normalized spacial score (nSPS) is 17.8. The number of nitrogens with one attached hydrogen (secondary N) is 3. The van der Waals surface area contributed by atoms with E-state index in [4.69, 9.17) is 0 Å². The van der Waals surface area contributed by atoms with Crippen LogP contribution in [0.1, 0.15) is 64.5 Å². The van der Waals surface area contributed by atoms with Crippen LogP contribution in [-0.2, 0) is 4.79 Å². The number of urea groups is 1. The van der Waals surface area contributed by atoms with Crippen molar-refractivity contribution in [3.05, 3.63) is 35.9 Å². The lowest BCUT2D eigenvalue weighted by atomic mass is 9.95. The third-order valence-corrected chi connectivity index (χ3v) is 4.83. The molecule has 0 radical (unpaired) electrons. The largest absolute Gasteiger partial charge is 0.335 e. The Morgan fingerprint density at radius 3 is 2.24 bits per heavy atom. The van der Waals surface area contributed by atoms with Gasteiger partial charge in [-0.15, -0.1) is 0 Å². The first kappa shape index (κ1) is 19.4. The molecular formula is C20H31N3O2. The first-order valence-electron chi connectivity index (χ1n) is 9.39. The predicted octanol–water partition coefficient (Wildman–Crippen LogP) is 3.52. The summed E-state index contributed by atoms with van der Waals surface area (Å²) >= 11 is 0. The molecule has 0 bridgehead atoms. The van der Waals surface area contributed by atoms with Crippen LogP contribution in [0.3, 0.4) is 0 Å². The van der Waals surface area contributed by atoms with E-state index in [2.05, 4.69) is 41.9 Å². The smallest absolute Gasteiger partial charge is 0.321 e. The highest BCUT2D eigenvalue weighted by Crippen LogP contribution is 2.22. The van der Waals surface area contributed by atoms with Crippen molar-refractivity contribution in [3.8, 4) is 0 Å². The molecule has 1 aliphatic carbocycles. The monoisotopic (exact) mass is 345 g/mol. The van der Waals surface area contributed by atoms with E-state index in [0.29, 0.717) is 5.92 Å². The minimum Gasteiger partial charge on any atom is -0.335 e. The van der Waals surface area contributed by atoms with Crippen LogP contribution in [0.25, 0.3) is 0 Å². The summed E-state index contributed by atoms with van der Waals surface area (Å²) in [4.78, 5) is 24.4. The second kappa shape index (κ2) is 9.56. The van der Waals surface area contributed by atoms with Gasteiger partial charge < -0.3 is 5.32 Å². The molecule has 0 spiro atoms. The fourth-order valence-electron chi connectivity index (χ4n) is 3.37. The molecule has 1 aromatic carbocycles. The number of hydrogen-bond acceptors (Lipinski definition) is 3. The van der Waals surface area contributed by atoms with Gasteiger partial charge in [-0.3, -0.25) is 15.4 Å². The molecule has 2 atom stereocenters. The molecular weight excluding hydrogens is 314 g/mol. The summed E-state index contributed by atoms with van der Waals surface area (Å²) in [5, 5.41) is 8.73. The highest BCUT2D eigenvalue weighted by molar-refractivity contribution is 5.96. The van der Waals surface area contributed by atoms with Gasteiger partial charge in [-0.1, -0.05) is 63.4 Å². The summed E-state index contributed by atoms with van der Waals surface area (Å²) in [6, 6.07) is 9.49. The molecule has 3 amide bonds. The van der Waals surface area contributed by atoms with E-state index in [-0.39, 0.29) is 24.0 Å². The second-order valence-corrected chi connectivity index (χ2v) is 7.32. The maximum absolute atomic E-state index is 12.4. The zero-order valence-electron chi connectivity index (χ0n) is 15.5.